The van der Waals surface area contributed by atoms with Crippen LogP contribution in [0, 0.1) is 0 Å². The number of hydrogen-bond acceptors (Lipinski definition) is 7. The predicted molar refractivity (Wildman–Crippen MR) is 153 cm³/mol. The molecular formula is C32H30N2O6. The van der Waals surface area contributed by atoms with Crippen molar-refractivity contribution in [3.05, 3.63) is 108 Å². The molecule has 8 nitrogen and oxygen atoms in total. The second-order valence-electron chi connectivity index (χ2n) is 8.64. The van der Waals surface area contributed by atoms with Gasteiger partial charge in [0.2, 0.25) is 0 Å². The van der Waals surface area contributed by atoms with Gasteiger partial charge >= 0.3 is 5.97 Å². The molecule has 4 rings (SSSR count). The van der Waals surface area contributed by atoms with E-state index in [2.05, 4.69) is 10.5 Å². The molecule has 0 bridgehead atoms. The largest absolute Gasteiger partial charge is 0.494 e. The van der Waals surface area contributed by atoms with Gasteiger partial charge < -0.3 is 18.9 Å². The van der Waals surface area contributed by atoms with Gasteiger partial charge in [-0.15, -0.1) is 0 Å². The zero-order valence-corrected chi connectivity index (χ0v) is 22.5. The van der Waals surface area contributed by atoms with Gasteiger partial charge in [-0.3, -0.25) is 4.79 Å². The zero-order chi connectivity index (χ0) is 28.3. The van der Waals surface area contributed by atoms with Crippen molar-refractivity contribution in [3.63, 3.8) is 0 Å². The lowest BCUT2D eigenvalue weighted by Crippen LogP contribution is -2.33. The van der Waals surface area contributed by atoms with Gasteiger partial charge in [0.05, 0.1) is 25.5 Å². The third-order valence-corrected chi connectivity index (χ3v) is 5.82. The molecule has 4 aromatic rings. The van der Waals surface area contributed by atoms with Crippen LogP contribution in [0.1, 0.15) is 29.8 Å². The number of benzene rings is 4. The molecule has 1 amide bonds. The van der Waals surface area contributed by atoms with Gasteiger partial charge in [0.15, 0.2) is 17.6 Å². The van der Waals surface area contributed by atoms with Crippen LogP contribution in [-0.4, -0.2) is 37.9 Å². The van der Waals surface area contributed by atoms with Crippen LogP contribution in [0.25, 0.3) is 11.1 Å². The second-order valence-corrected chi connectivity index (χ2v) is 8.64. The van der Waals surface area contributed by atoms with E-state index in [9.17, 15) is 9.59 Å². The second kappa shape index (κ2) is 13.6. The predicted octanol–water partition coefficient (Wildman–Crippen LogP) is 5.90. The Morgan fingerprint density at radius 3 is 2.20 bits per heavy atom. The van der Waals surface area contributed by atoms with Crippen LogP contribution in [0.4, 0.5) is 0 Å². The molecule has 0 unspecified atom stereocenters. The molecule has 0 aliphatic rings. The number of carbonyl (C=O) groups is 2. The van der Waals surface area contributed by atoms with Gasteiger partial charge in [-0.25, -0.2) is 10.2 Å². The molecule has 0 spiro atoms. The highest BCUT2D eigenvalue weighted by atomic mass is 16.6. The van der Waals surface area contributed by atoms with Crippen molar-refractivity contribution in [1.82, 2.24) is 5.43 Å². The summed E-state index contributed by atoms with van der Waals surface area (Å²) in [5.74, 6) is 0.903. The lowest BCUT2D eigenvalue weighted by atomic mass is 10.1. The maximum absolute atomic E-state index is 12.6. The van der Waals surface area contributed by atoms with Crippen molar-refractivity contribution in [1.29, 1.82) is 0 Å². The maximum Gasteiger partial charge on any atom is 0.343 e. The number of carbonyl (C=O) groups excluding carboxylic acids is 2. The van der Waals surface area contributed by atoms with Crippen molar-refractivity contribution in [3.8, 4) is 34.1 Å². The Kier molecular flexibility index (Phi) is 9.50. The Bertz CT molecular complexity index is 1450. The molecule has 0 radical (unpaired) electrons. The monoisotopic (exact) mass is 538 g/mol. The third kappa shape index (κ3) is 7.48. The normalized spacial score (nSPS) is 11.5. The van der Waals surface area contributed by atoms with E-state index >= 15 is 0 Å². The fourth-order valence-corrected chi connectivity index (χ4v) is 3.74. The van der Waals surface area contributed by atoms with Crippen LogP contribution in [0.3, 0.4) is 0 Å². The standard InChI is InChI=1S/C32H30N2O6/c1-4-38-27-15-13-26(14-16-27)32(36)40-29-19-10-23(20-30(29)37-3)21-33-34-31(35)22(2)39-28-17-11-25(12-18-28)24-8-6-5-7-9-24/h5-22H,4H2,1-3H3,(H,34,35)/b33-21-/t22-/m1/s1. The number of nitrogens with zero attached hydrogens (tertiary/aromatic N) is 1. The maximum atomic E-state index is 12.6. The molecule has 4 aromatic carbocycles. The number of esters is 1. The highest BCUT2D eigenvalue weighted by molar-refractivity contribution is 5.92. The number of ether oxygens (including phenoxy) is 4. The summed E-state index contributed by atoms with van der Waals surface area (Å²) in [5, 5.41) is 4.02. The highest BCUT2D eigenvalue weighted by Gasteiger charge is 2.15. The van der Waals surface area contributed by atoms with E-state index in [1.54, 1.807) is 49.4 Å². The molecule has 204 valence electrons. The van der Waals surface area contributed by atoms with Gasteiger partial charge in [-0.1, -0.05) is 42.5 Å². The molecule has 40 heavy (non-hydrogen) atoms. The molecule has 0 aliphatic heterocycles. The van der Waals surface area contributed by atoms with Gasteiger partial charge in [0.1, 0.15) is 11.5 Å². The Morgan fingerprint density at radius 1 is 0.850 bits per heavy atom. The fourth-order valence-electron chi connectivity index (χ4n) is 3.74. The first-order chi connectivity index (χ1) is 19.5. The minimum Gasteiger partial charge on any atom is -0.494 e. The van der Waals surface area contributed by atoms with Crippen molar-refractivity contribution < 1.29 is 28.5 Å². The highest BCUT2D eigenvalue weighted by Crippen LogP contribution is 2.29. The Labute approximate surface area is 233 Å². The average molecular weight is 539 g/mol. The first kappa shape index (κ1) is 27.9. The first-order valence-electron chi connectivity index (χ1n) is 12.7. The third-order valence-electron chi connectivity index (χ3n) is 5.82. The van der Waals surface area contributed by atoms with Gasteiger partial charge in [0, 0.05) is 0 Å². The summed E-state index contributed by atoms with van der Waals surface area (Å²) in [6, 6.07) is 29.1. The number of methoxy groups -OCH3 is 1. The number of hydrazone groups is 1. The van der Waals surface area contributed by atoms with E-state index in [1.165, 1.54) is 13.3 Å². The van der Waals surface area contributed by atoms with Gasteiger partial charge in [0.25, 0.3) is 5.91 Å². The Morgan fingerprint density at radius 2 is 1.52 bits per heavy atom. The van der Waals surface area contributed by atoms with E-state index in [0.29, 0.717) is 35.0 Å². The minimum atomic E-state index is -0.765. The lowest BCUT2D eigenvalue weighted by Gasteiger charge is -2.13. The Hall–Kier alpha value is -5.11. The van der Waals surface area contributed by atoms with Crippen molar-refractivity contribution in [2.24, 2.45) is 5.10 Å². The molecule has 0 saturated heterocycles. The number of hydrogen-bond donors (Lipinski definition) is 1. The molecule has 0 saturated carbocycles. The van der Waals surface area contributed by atoms with Crippen LogP contribution in [0.15, 0.2) is 102 Å². The summed E-state index contributed by atoms with van der Waals surface area (Å²) < 4.78 is 22.0. The summed E-state index contributed by atoms with van der Waals surface area (Å²) in [6.07, 6.45) is 0.693. The molecule has 0 aliphatic carbocycles. The molecule has 0 heterocycles. The SMILES string of the molecule is CCOc1ccc(C(=O)Oc2ccc(/C=N\NC(=O)[C@@H](C)Oc3ccc(-c4ccccc4)cc3)cc2OC)cc1. The fraction of sp³-hybridized carbons (Fsp3) is 0.156. The van der Waals surface area contributed by atoms with E-state index in [-0.39, 0.29) is 5.75 Å². The van der Waals surface area contributed by atoms with Gasteiger partial charge in [-0.05, 0) is 85.1 Å². The first-order valence-corrected chi connectivity index (χ1v) is 12.7. The minimum absolute atomic E-state index is 0.253. The lowest BCUT2D eigenvalue weighted by molar-refractivity contribution is -0.127. The molecule has 8 heteroatoms. The molecule has 0 aromatic heterocycles. The van der Waals surface area contributed by atoms with Crippen molar-refractivity contribution >= 4 is 18.1 Å². The summed E-state index contributed by atoms with van der Waals surface area (Å²) in [6.45, 7) is 4.07. The molecular weight excluding hydrogens is 508 g/mol. The average Bonchev–Trinajstić information content (AvgIpc) is 2.99. The van der Waals surface area contributed by atoms with Crippen molar-refractivity contribution in [2.75, 3.05) is 13.7 Å². The summed E-state index contributed by atoms with van der Waals surface area (Å²) in [7, 11) is 1.47. The molecule has 0 fully saturated rings. The quantitative estimate of drug-likeness (QED) is 0.111. The van der Waals surface area contributed by atoms with Crippen LogP contribution in [0.5, 0.6) is 23.0 Å². The van der Waals surface area contributed by atoms with Crippen LogP contribution in [-0.2, 0) is 4.79 Å². The van der Waals surface area contributed by atoms with E-state index in [1.807, 2.05) is 61.5 Å². The number of rotatable bonds is 11. The zero-order valence-electron chi connectivity index (χ0n) is 22.5. The molecule has 1 atom stereocenters. The number of amides is 1. The van der Waals surface area contributed by atoms with E-state index in [0.717, 1.165) is 11.1 Å². The van der Waals surface area contributed by atoms with Crippen LogP contribution in [0.2, 0.25) is 0 Å². The van der Waals surface area contributed by atoms with Crippen molar-refractivity contribution in [2.45, 2.75) is 20.0 Å². The number of nitrogens with one attached hydrogen (secondary N) is 1. The van der Waals surface area contributed by atoms with Gasteiger partial charge in [-0.2, -0.15) is 5.10 Å². The van der Waals surface area contributed by atoms with Crippen LogP contribution < -0.4 is 24.4 Å². The smallest absolute Gasteiger partial charge is 0.343 e. The van der Waals surface area contributed by atoms with E-state index in [4.69, 9.17) is 18.9 Å². The van der Waals surface area contributed by atoms with E-state index < -0.39 is 18.0 Å². The molecule has 1 N–H and O–H groups in total. The topological polar surface area (TPSA) is 95.5 Å². The summed E-state index contributed by atoms with van der Waals surface area (Å²) in [4.78, 5) is 25.0. The summed E-state index contributed by atoms with van der Waals surface area (Å²) >= 11 is 0. The van der Waals surface area contributed by atoms with Crippen LogP contribution >= 0.6 is 0 Å². The Balaban J connectivity index is 1.31. The summed E-state index contributed by atoms with van der Waals surface area (Å²) in [5.41, 5.74) is 5.64.